The minimum Gasteiger partial charge on any atom is -0.507 e. The first kappa shape index (κ1) is 59.6. The van der Waals surface area contributed by atoms with Gasteiger partial charge in [0.25, 0.3) is 0 Å². The van der Waals surface area contributed by atoms with E-state index >= 15 is 0 Å². The van der Waals surface area contributed by atoms with Crippen molar-refractivity contribution in [3.8, 4) is 163 Å². The van der Waals surface area contributed by atoms with Gasteiger partial charge in [-0.05, 0) is 95.1 Å². The summed E-state index contributed by atoms with van der Waals surface area (Å²) in [4.78, 5) is 27.1. The fourth-order valence-corrected chi connectivity index (χ4v) is 18.3. The Bertz CT molecular complexity index is 4410. The molecule has 10 aromatic rings. The Morgan fingerprint density at radius 2 is 0.500 bits per heavy atom. The van der Waals surface area contributed by atoms with Crippen LogP contribution in [-0.2, 0) is 0 Å². The molecule has 0 fully saturated rings. The third-order valence-corrected chi connectivity index (χ3v) is 22.8. The van der Waals surface area contributed by atoms with E-state index in [1.54, 1.807) is 71.8 Å². The molecular weight excluding hydrogens is 1320 g/mol. The molecule has 0 bridgehead atoms. The molecule has 12 heterocycles. The highest BCUT2D eigenvalue weighted by molar-refractivity contribution is 7.27. The van der Waals surface area contributed by atoms with Crippen LogP contribution in [0.2, 0.25) is 0 Å². The van der Waals surface area contributed by atoms with Crippen molar-refractivity contribution in [2.45, 2.75) is 0 Å². The molecule has 26 heteroatoms. The normalized spacial score (nSPS) is 15.3. The lowest BCUT2D eigenvalue weighted by atomic mass is 10.1. The van der Waals surface area contributed by atoms with Crippen molar-refractivity contribution < 1.29 is 77.3 Å². The number of phenols is 4. The highest BCUT2D eigenvalue weighted by Gasteiger charge is 2.36. The fourth-order valence-electron chi connectivity index (χ4n) is 11.3. The fraction of sp³-hybridized carbons (Fsp3) is 0.235. The Labute approximate surface area is 560 Å². The van der Waals surface area contributed by atoms with Crippen LogP contribution >= 0.6 is 68.0 Å². The monoisotopic (exact) mass is 1370 g/mol. The van der Waals surface area contributed by atoms with E-state index < -0.39 is 0 Å². The molecule has 0 atom stereocenters. The van der Waals surface area contributed by atoms with E-state index in [1.807, 2.05) is 59.3 Å². The molecule has 4 N–H and O–H groups in total. The average Bonchev–Trinajstić information content (AvgIpc) is 1.61. The summed E-state index contributed by atoms with van der Waals surface area (Å²) in [7, 11) is 0. The van der Waals surface area contributed by atoms with Gasteiger partial charge < -0.3 is 77.3 Å². The largest absolute Gasteiger partial charge is 0.507 e. The van der Waals surface area contributed by atoms with Gasteiger partial charge in [-0.2, -0.15) is 0 Å². The summed E-state index contributed by atoms with van der Waals surface area (Å²) in [6.07, 6.45) is 6.52. The molecule has 0 amide bonds. The Kier molecular flexibility index (Phi) is 16.4. The molecule has 0 saturated carbocycles. The maximum Gasteiger partial charge on any atom is 0.181 e. The molecule has 6 aromatic heterocycles. The topological polar surface area (TPSA) is 241 Å². The van der Waals surface area contributed by atoms with Crippen LogP contribution < -0.4 is 56.8 Å². The SMILES string of the molecule is Oc1ccc(-c2sc(-c3scc4c3OCCO4)c3c2OCCO3)cc1C=NCCN=Cc1cc(-c2sc(-c3sc(-c4ccc(O)c(C=NCCN=Cc5cc(-c6sc(-c7scc8c7OCCO8)c7c6OCCO7)ccc5O)c4)c4c3OCCO4)c3c2OCCO3)ccc1O. The predicted molar refractivity (Wildman–Crippen MR) is 367 cm³/mol. The molecule has 0 spiro atoms. The Hall–Kier alpha value is -9.44. The van der Waals surface area contributed by atoms with Gasteiger partial charge in [-0.25, -0.2) is 0 Å². The van der Waals surface area contributed by atoms with Gasteiger partial charge in [0, 0.05) is 57.9 Å². The number of hydrogen-bond donors (Lipinski definition) is 4. The minimum atomic E-state index is 0.0527. The maximum absolute atomic E-state index is 11.1. The van der Waals surface area contributed by atoms with Crippen molar-refractivity contribution in [2.75, 3.05) is 105 Å². The number of rotatable bonds is 17. The summed E-state index contributed by atoms with van der Waals surface area (Å²) >= 11 is 9.14. The number of thiophene rings is 6. The molecule has 0 unspecified atom stereocenters. The number of phenolic OH excluding ortho intramolecular Hbond substituents is 4. The summed E-state index contributed by atoms with van der Waals surface area (Å²) in [5, 5.41) is 47.9. The quantitative estimate of drug-likeness (QED) is 0.0489. The molecule has 0 saturated heterocycles. The van der Waals surface area contributed by atoms with Gasteiger partial charge in [0.05, 0.1) is 75.0 Å². The first-order valence-electron chi connectivity index (χ1n) is 30.1. The summed E-state index contributed by atoms with van der Waals surface area (Å²) in [5.74, 6) is 8.12. The van der Waals surface area contributed by atoms with Crippen molar-refractivity contribution in [1.82, 2.24) is 0 Å². The number of fused-ring (bicyclic) bond motifs is 6. The van der Waals surface area contributed by atoms with Crippen molar-refractivity contribution in [3.63, 3.8) is 0 Å². The second kappa shape index (κ2) is 25.8. The zero-order valence-corrected chi connectivity index (χ0v) is 54.5. The first-order chi connectivity index (χ1) is 46.3. The second-order valence-electron chi connectivity index (χ2n) is 21.6. The highest BCUT2D eigenvalue weighted by Crippen LogP contribution is 2.63. The molecule has 20 nitrogen and oxygen atoms in total. The molecule has 478 valence electrons. The highest BCUT2D eigenvalue weighted by atomic mass is 32.1. The Balaban J connectivity index is 0.595. The van der Waals surface area contributed by atoms with Crippen LogP contribution in [0.5, 0.6) is 92.0 Å². The van der Waals surface area contributed by atoms with E-state index in [0.717, 1.165) is 82.5 Å². The third-order valence-electron chi connectivity index (χ3n) is 15.6. The van der Waals surface area contributed by atoms with E-state index in [9.17, 15) is 20.4 Å². The van der Waals surface area contributed by atoms with Gasteiger partial charge in [0.15, 0.2) is 69.0 Å². The summed E-state index contributed by atoms with van der Waals surface area (Å²) < 4.78 is 73.9. The zero-order chi connectivity index (χ0) is 63.2. The molecule has 4 aromatic carbocycles. The Morgan fingerprint density at radius 3 is 0.766 bits per heavy atom. The van der Waals surface area contributed by atoms with Crippen LogP contribution in [0.1, 0.15) is 22.3 Å². The van der Waals surface area contributed by atoms with E-state index in [-0.39, 0.29) is 23.0 Å². The molecule has 6 aliphatic rings. The van der Waals surface area contributed by atoms with Crippen LogP contribution in [0, 0.1) is 0 Å². The van der Waals surface area contributed by atoms with Gasteiger partial charge in [0.1, 0.15) is 102 Å². The smallest absolute Gasteiger partial charge is 0.181 e. The summed E-state index contributed by atoms with van der Waals surface area (Å²) in [6.45, 7) is 6.25. The lowest BCUT2D eigenvalue weighted by Gasteiger charge is -2.19. The van der Waals surface area contributed by atoms with E-state index in [0.29, 0.717) is 185 Å². The van der Waals surface area contributed by atoms with Crippen LogP contribution in [0.25, 0.3) is 71.0 Å². The summed E-state index contributed by atoms with van der Waals surface area (Å²) in [5.41, 5.74) is 5.33. The summed E-state index contributed by atoms with van der Waals surface area (Å²) in [6, 6.07) is 21.4. The number of nitrogens with zero attached hydrogens (tertiary/aromatic N) is 4. The first-order valence-corrected chi connectivity index (χ1v) is 35.1. The van der Waals surface area contributed by atoms with Gasteiger partial charge >= 0.3 is 0 Å². The lowest BCUT2D eigenvalue weighted by molar-refractivity contribution is 0.172. The van der Waals surface area contributed by atoms with Gasteiger partial charge in [-0.15, -0.1) is 68.0 Å². The van der Waals surface area contributed by atoms with Crippen molar-refractivity contribution in [2.24, 2.45) is 20.0 Å². The van der Waals surface area contributed by atoms with Crippen LogP contribution in [-0.4, -0.2) is 151 Å². The number of aromatic hydroxyl groups is 4. The lowest BCUT2D eigenvalue weighted by Crippen LogP contribution is -2.15. The number of ether oxygens (including phenoxy) is 12. The van der Waals surface area contributed by atoms with Crippen LogP contribution in [0.3, 0.4) is 0 Å². The van der Waals surface area contributed by atoms with Crippen molar-refractivity contribution >= 4 is 92.9 Å². The molecule has 0 radical (unpaired) electrons. The van der Waals surface area contributed by atoms with E-state index in [2.05, 4.69) is 20.0 Å². The maximum atomic E-state index is 11.1. The predicted octanol–water partition coefficient (Wildman–Crippen LogP) is 14.3. The number of benzene rings is 4. The number of aliphatic imine (C=N–C) groups is 4. The molecule has 94 heavy (non-hydrogen) atoms. The molecule has 0 aliphatic carbocycles. The Morgan fingerprint density at radius 1 is 0.277 bits per heavy atom. The van der Waals surface area contributed by atoms with E-state index in [1.165, 1.54) is 45.3 Å². The van der Waals surface area contributed by atoms with Crippen LogP contribution in [0.4, 0.5) is 0 Å². The van der Waals surface area contributed by atoms with Crippen molar-refractivity contribution in [1.29, 1.82) is 0 Å². The molecular formula is C68H54N4O16S6. The second-order valence-corrected chi connectivity index (χ2v) is 27.4. The van der Waals surface area contributed by atoms with Gasteiger partial charge in [0.2, 0.25) is 0 Å². The molecule has 16 rings (SSSR count). The van der Waals surface area contributed by atoms with E-state index in [4.69, 9.17) is 56.8 Å². The third kappa shape index (κ3) is 11.3. The van der Waals surface area contributed by atoms with Gasteiger partial charge in [-0.3, -0.25) is 20.0 Å². The zero-order valence-electron chi connectivity index (χ0n) is 49.6. The average molecular weight is 1380 g/mol. The van der Waals surface area contributed by atoms with Crippen LogP contribution in [0.15, 0.2) is 104 Å². The van der Waals surface area contributed by atoms with Gasteiger partial charge in [-0.1, -0.05) is 0 Å². The number of hydrogen-bond acceptors (Lipinski definition) is 26. The molecule has 6 aliphatic heterocycles. The van der Waals surface area contributed by atoms with Crippen molar-refractivity contribution in [3.05, 3.63) is 106 Å². The standard InChI is InChI=1S/C68H54N4O16S6/c73-43-5-1-35(59-51-55(85-21-17-81-51)65(91-59)63-49-47(33-89-63)77-13-15-79-49)25-39(43)29-69-9-11-71-31-41-27-37(3-7-45(41)75)61-53-57(87-23-19-83-53)67(93-61)68-58-54(84-20-24-88-58)62(94-68)38-4-8-46(76)42(28-38)32-72-12-10-70-30-40-26-36(2-6-44(40)74)60-52-56(86-22-18-82-52)66(92-60)64-50-48(34-90-64)78-14-16-80-50/h1-8,25-34,73-76H,9-24H2. The minimum absolute atomic E-state index is 0.0527.